The molecule has 0 saturated carbocycles. The molecule has 1 atom stereocenters. The van der Waals surface area contributed by atoms with E-state index in [2.05, 4.69) is 4.74 Å². The first-order valence-corrected chi connectivity index (χ1v) is 2.34. The van der Waals surface area contributed by atoms with Gasteiger partial charge in [0.25, 0.3) is 0 Å². The Morgan fingerprint density at radius 3 is 2.56 bits per heavy atom. The van der Waals surface area contributed by atoms with Crippen molar-refractivity contribution in [1.29, 1.82) is 0 Å². The van der Waals surface area contributed by atoms with Crippen LogP contribution in [-0.4, -0.2) is 36.0 Å². The van der Waals surface area contributed by atoms with E-state index in [1.165, 1.54) is 7.11 Å². The van der Waals surface area contributed by atoms with E-state index in [9.17, 15) is 4.79 Å². The number of rotatable bonds is 3. The molecule has 5 heteroatoms. The Balaban J connectivity index is 3.64. The van der Waals surface area contributed by atoms with Crippen molar-refractivity contribution in [3.05, 3.63) is 0 Å². The number of nitrogens with one attached hydrogen (secondary N) is 1. The number of carbonyl (C=O) groups is 1. The Hall–Kier alpha value is -0.650. The lowest BCUT2D eigenvalue weighted by Gasteiger charge is -2.07. The molecule has 5 nitrogen and oxygen atoms in total. The molecule has 0 bridgehead atoms. The zero-order chi connectivity index (χ0) is 7.28. The van der Waals surface area contributed by atoms with Crippen LogP contribution in [0.3, 0.4) is 0 Å². The fraction of sp³-hybridized carbons (Fsp3) is 0.750. The maximum Gasteiger partial charge on any atom is 0.327 e. The van der Waals surface area contributed by atoms with Gasteiger partial charge in [0.15, 0.2) is 6.04 Å². The van der Waals surface area contributed by atoms with Crippen LogP contribution in [0.4, 0.5) is 0 Å². The number of aliphatic hydroxyl groups excluding tert-OH is 1. The zero-order valence-electron chi connectivity index (χ0n) is 5.00. The summed E-state index contributed by atoms with van der Waals surface area (Å²) in [5.74, 6) is -0.694. The number of carbonyl (C=O) groups excluding carboxylic acids is 1. The smallest absolute Gasteiger partial charge is 0.327 e. The molecule has 0 aromatic heterocycles. The quantitative estimate of drug-likeness (QED) is 0.324. The van der Waals surface area contributed by atoms with Crippen LogP contribution in [0.2, 0.25) is 0 Å². The van der Waals surface area contributed by atoms with E-state index in [1.807, 2.05) is 0 Å². The van der Waals surface area contributed by atoms with Gasteiger partial charge in [-0.15, -0.1) is 0 Å². The van der Waals surface area contributed by atoms with Crippen molar-refractivity contribution in [3.8, 4) is 0 Å². The highest BCUT2D eigenvalue weighted by Crippen LogP contribution is 1.82. The molecule has 0 aliphatic carbocycles. The molecular formula is C4H9NO4. The van der Waals surface area contributed by atoms with Gasteiger partial charge in [-0.25, -0.2) is 0 Å². The topological polar surface area (TPSA) is 78.8 Å². The standard InChI is InChI=1S/C4H9NO4/c1-9-4(7)3(2-6)5-8/h3,5-6,8H,2H2,1H3. The number of aliphatic hydroxyl groups is 1. The van der Waals surface area contributed by atoms with Gasteiger partial charge < -0.3 is 15.1 Å². The normalized spacial score (nSPS) is 12.8. The van der Waals surface area contributed by atoms with E-state index in [0.717, 1.165) is 0 Å². The van der Waals surface area contributed by atoms with Crippen molar-refractivity contribution in [2.45, 2.75) is 6.04 Å². The third-order valence-corrected chi connectivity index (χ3v) is 0.824. The Bertz CT molecular complexity index is 90.6. The highest BCUT2D eigenvalue weighted by molar-refractivity contribution is 5.75. The summed E-state index contributed by atoms with van der Waals surface area (Å²) in [5, 5.41) is 16.4. The van der Waals surface area contributed by atoms with Crippen LogP contribution in [0, 0.1) is 0 Å². The molecule has 0 aliphatic heterocycles. The first-order valence-electron chi connectivity index (χ1n) is 2.34. The van der Waals surface area contributed by atoms with Crippen LogP contribution < -0.4 is 5.48 Å². The molecule has 0 rings (SSSR count). The third kappa shape index (κ3) is 2.41. The molecular weight excluding hydrogens is 126 g/mol. The van der Waals surface area contributed by atoms with Gasteiger partial charge in [-0.05, 0) is 0 Å². The van der Waals surface area contributed by atoms with E-state index in [0.29, 0.717) is 0 Å². The van der Waals surface area contributed by atoms with Gasteiger partial charge in [-0.2, -0.15) is 5.48 Å². The first-order chi connectivity index (χ1) is 4.26. The Kier molecular flexibility index (Phi) is 3.94. The van der Waals surface area contributed by atoms with E-state index >= 15 is 0 Å². The van der Waals surface area contributed by atoms with Crippen LogP contribution in [0.5, 0.6) is 0 Å². The summed E-state index contributed by atoms with van der Waals surface area (Å²) >= 11 is 0. The average Bonchev–Trinajstić information content (AvgIpc) is 1.90. The summed E-state index contributed by atoms with van der Waals surface area (Å²) in [4.78, 5) is 10.4. The molecule has 0 aromatic carbocycles. The van der Waals surface area contributed by atoms with Gasteiger partial charge in [0, 0.05) is 0 Å². The number of hydroxylamine groups is 1. The van der Waals surface area contributed by atoms with Crippen molar-refractivity contribution in [2.75, 3.05) is 13.7 Å². The highest BCUT2D eigenvalue weighted by Gasteiger charge is 2.15. The minimum Gasteiger partial charge on any atom is -0.468 e. The average molecular weight is 135 g/mol. The maximum atomic E-state index is 10.4. The number of methoxy groups -OCH3 is 1. The molecule has 9 heavy (non-hydrogen) atoms. The van der Waals surface area contributed by atoms with E-state index in [-0.39, 0.29) is 0 Å². The zero-order valence-corrected chi connectivity index (χ0v) is 5.00. The maximum absolute atomic E-state index is 10.4. The number of hydrogen-bond donors (Lipinski definition) is 3. The van der Waals surface area contributed by atoms with Crippen molar-refractivity contribution in [1.82, 2.24) is 5.48 Å². The monoisotopic (exact) mass is 135 g/mol. The second-order valence-corrected chi connectivity index (χ2v) is 1.39. The van der Waals surface area contributed by atoms with E-state index < -0.39 is 18.6 Å². The fourth-order valence-corrected chi connectivity index (χ4v) is 0.310. The van der Waals surface area contributed by atoms with Crippen LogP contribution in [0.1, 0.15) is 0 Å². The van der Waals surface area contributed by atoms with Crippen molar-refractivity contribution in [2.24, 2.45) is 0 Å². The lowest BCUT2D eigenvalue weighted by molar-refractivity contribution is -0.147. The minimum atomic E-state index is -1.03. The fourth-order valence-electron chi connectivity index (χ4n) is 0.310. The summed E-state index contributed by atoms with van der Waals surface area (Å²) in [6.07, 6.45) is 0. The molecule has 3 N–H and O–H groups in total. The molecule has 1 unspecified atom stereocenters. The van der Waals surface area contributed by atoms with Gasteiger partial charge in [0.1, 0.15) is 0 Å². The number of esters is 1. The predicted octanol–water partition coefficient (Wildman–Crippen LogP) is -1.50. The minimum absolute atomic E-state index is 0.483. The van der Waals surface area contributed by atoms with Crippen molar-refractivity contribution in [3.63, 3.8) is 0 Å². The Labute approximate surface area is 52.2 Å². The summed E-state index contributed by atoms with van der Waals surface area (Å²) < 4.78 is 4.17. The molecule has 0 spiro atoms. The second kappa shape index (κ2) is 4.25. The van der Waals surface area contributed by atoms with Crippen LogP contribution in [-0.2, 0) is 9.53 Å². The lowest BCUT2D eigenvalue weighted by atomic mass is 10.3. The predicted molar refractivity (Wildman–Crippen MR) is 27.8 cm³/mol. The van der Waals surface area contributed by atoms with Crippen LogP contribution in [0.25, 0.3) is 0 Å². The third-order valence-electron chi connectivity index (χ3n) is 0.824. The summed E-state index contributed by atoms with van der Waals surface area (Å²) in [6, 6.07) is -1.03. The Morgan fingerprint density at radius 2 is 2.44 bits per heavy atom. The first kappa shape index (κ1) is 8.35. The molecule has 0 radical (unpaired) electrons. The Morgan fingerprint density at radius 1 is 1.89 bits per heavy atom. The molecule has 0 amide bonds. The van der Waals surface area contributed by atoms with Gasteiger partial charge in [0.05, 0.1) is 13.7 Å². The van der Waals surface area contributed by atoms with E-state index in [1.54, 1.807) is 5.48 Å². The number of hydrogen-bond acceptors (Lipinski definition) is 5. The van der Waals surface area contributed by atoms with Gasteiger partial charge >= 0.3 is 5.97 Å². The summed E-state index contributed by atoms with van der Waals surface area (Å²) in [5.41, 5.74) is 1.58. The molecule has 0 aromatic rings. The van der Waals surface area contributed by atoms with Crippen molar-refractivity contribution >= 4 is 5.97 Å². The lowest BCUT2D eigenvalue weighted by Crippen LogP contribution is -2.38. The van der Waals surface area contributed by atoms with Gasteiger partial charge in [-0.1, -0.05) is 0 Å². The van der Waals surface area contributed by atoms with Crippen LogP contribution in [0.15, 0.2) is 0 Å². The molecule has 54 valence electrons. The summed E-state index contributed by atoms with van der Waals surface area (Å²) in [7, 11) is 1.17. The SMILES string of the molecule is COC(=O)C(CO)NO. The molecule has 0 heterocycles. The van der Waals surface area contributed by atoms with Gasteiger partial charge in [0.2, 0.25) is 0 Å². The van der Waals surface area contributed by atoms with Crippen LogP contribution >= 0.6 is 0 Å². The number of ether oxygens (including phenoxy) is 1. The summed E-state index contributed by atoms with van der Waals surface area (Å²) in [6.45, 7) is -0.483. The second-order valence-electron chi connectivity index (χ2n) is 1.39. The van der Waals surface area contributed by atoms with E-state index in [4.69, 9.17) is 10.3 Å². The molecule has 0 aliphatic rings. The highest BCUT2D eigenvalue weighted by atomic mass is 16.5. The van der Waals surface area contributed by atoms with Gasteiger partial charge in [-0.3, -0.25) is 4.79 Å². The molecule has 0 saturated heterocycles. The largest absolute Gasteiger partial charge is 0.468 e. The van der Waals surface area contributed by atoms with Crippen molar-refractivity contribution < 1.29 is 19.8 Å². The molecule has 0 fully saturated rings.